The van der Waals surface area contributed by atoms with Gasteiger partial charge < -0.3 is 10.8 Å². The Hall–Kier alpha value is -0.940. The van der Waals surface area contributed by atoms with Crippen LogP contribution in [0.5, 0.6) is 5.75 Å². The average Bonchev–Trinajstić information content (AvgIpc) is 2.01. The molecule has 1 aromatic carbocycles. The van der Waals surface area contributed by atoms with Gasteiger partial charge in [-0.3, -0.25) is 0 Å². The molecule has 0 aliphatic rings. The minimum atomic E-state index is -4.29. The van der Waals surface area contributed by atoms with Crippen LogP contribution < -0.4 is 5.73 Å². The molecule has 86 valence electrons. The first-order valence-electron chi connectivity index (χ1n) is 4.00. The Kier molecular flexibility index (Phi) is 4.90. The number of rotatable bonds is 2. The largest absolute Gasteiger partial charge is 0.508 e. The molecule has 6 heteroatoms. The molecule has 0 radical (unpaired) electrons. The van der Waals surface area contributed by atoms with Crippen LogP contribution in [0.15, 0.2) is 24.3 Å². The van der Waals surface area contributed by atoms with Gasteiger partial charge in [-0.2, -0.15) is 13.2 Å². The van der Waals surface area contributed by atoms with Crippen molar-refractivity contribution in [2.45, 2.75) is 18.6 Å². The van der Waals surface area contributed by atoms with Gasteiger partial charge in [0, 0.05) is 6.04 Å². The number of nitrogens with two attached hydrogens (primary N) is 1. The summed E-state index contributed by atoms with van der Waals surface area (Å²) in [7, 11) is 0. The fourth-order valence-corrected chi connectivity index (χ4v) is 1.12. The first-order chi connectivity index (χ1) is 6.38. The van der Waals surface area contributed by atoms with Crippen molar-refractivity contribution in [2.24, 2.45) is 5.73 Å². The number of benzene rings is 1. The van der Waals surface area contributed by atoms with Crippen LogP contribution in [0.4, 0.5) is 13.2 Å². The van der Waals surface area contributed by atoms with Crippen LogP contribution in [-0.4, -0.2) is 11.3 Å². The van der Waals surface area contributed by atoms with Gasteiger partial charge in [0.15, 0.2) is 0 Å². The van der Waals surface area contributed by atoms with E-state index >= 15 is 0 Å². The SMILES string of the molecule is Cl.N[C@H](CC(F)(F)F)c1cccc(O)c1. The molecule has 15 heavy (non-hydrogen) atoms. The topological polar surface area (TPSA) is 46.2 Å². The standard InChI is InChI=1S/C9H10F3NO.ClH/c10-9(11,12)5-8(13)6-2-1-3-7(14)4-6;/h1-4,8,14H,5,13H2;1H/t8-;/m1./s1. The second-order valence-corrected chi connectivity index (χ2v) is 3.02. The Morgan fingerprint density at radius 1 is 1.33 bits per heavy atom. The van der Waals surface area contributed by atoms with E-state index in [1.165, 1.54) is 24.3 Å². The summed E-state index contributed by atoms with van der Waals surface area (Å²) in [5.41, 5.74) is 5.60. The fourth-order valence-electron chi connectivity index (χ4n) is 1.12. The highest BCUT2D eigenvalue weighted by molar-refractivity contribution is 5.85. The van der Waals surface area contributed by atoms with E-state index in [0.717, 1.165) is 0 Å². The van der Waals surface area contributed by atoms with E-state index in [1.54, 1.807) is 0 Å². The van der Waals surface area contributed by atoms with E-state index in [-0.39, 0.29) is 23.7 Å². The Morgan fingerprint density at radius 3 is 2.40 bits per heavy atom. The van der Waals surface area contributed by atoms with Crippen molar-refractivity contribution in [2.75, 3.05) is 0 Å². The summed E-state index contributed by atoms with van der Waals surface area (Å²) in [6, 6.07) is 4.40. The van der Waals surface area contributed by atoms with Gasteiger partial charge in [-0.05, 0) is 17.7 Å². The van der Waals surface area contributed by atoms with Crippen molar-refractivity contribution in [1.82, 2.24) is 0 Å². The molecule has 0 amide bonds. The second kappa shape index (κ2) is 5.23. The maximum absolute atomic E-state index is 11.9. The summed E-state index contributed by atoms with van der Waals surface area (Å²) in [6.07, 6.45) is -5.37. The lowest BCUT2D eigenvalue weighted by molar-refractivity contribution is -0.138. The highest BCUT2D eigenvalue weighted by Crippen LogP contribution is 2.28. The van der Waals surface area contributed by atoms with Crippen molar-refractivity contribution in [1.29, 1.82) is 0 Å². The number of phenols is 1. The van der Waals surface area contributed by atoms with Crippen molar-refractivity contribution in [3.05, 3.63) is 29.8 Å². The number of hydrogen-bond donors (Lipinski definition) is 2. The zero-order chi connectivity index (χ0) is 10.8. The Morgan fingerprint density at radius 2 is 1.93 bits per heavy atom. The molecule has 1 aromatic rings. The summed E-state index contributed by atoms with van der Waals surface area (Å²) >= 11 is 0. The summed E-state index contributed by atoms with van der Waals surface area (Å²) < 4.78 is 35.8. The van der Waals surface area contributed by atoms with E-state index < -0.39 is 18.6 Å². The lowest BCUT2D eigenvalue weighted by Crippen LogP contribution is -2.20. The van der Waals surface area contributed by atoms with Gasteiger partial charge in [0.05, 0.1) is 6.42 Å². The highest BCUT2D eigenvalue weighted by atomic mass is 35.5. The number of halogens is 4. The quantitative estimate of drug-likeness (QED) is 0.836. The smallest absolute Gasteiger partial charge is 0.390 e. The molecule has 1 atom stereocenters. The number of hydrogen-bond acceptors (Lipinski definition) is 2. The van der Waals surface area contributed by atoms with Crippen LogP contribution in [-0.2, 0) is 0 Å². The molecule has 0 saturated heterocycles. The predicted molar refractivity (Wildman–Crippen MR) is 53.0 cm³/mol. The monoisotopic (exact) mass is 241 g/mol. The third kappa shape index (κ3) is 4.90. The lowest BCUT2D eigenvalue weighted by atomic mass is 10.0. The average molecular weight is 242 g/mol. The minimum absolute atomic E-state index is 0. The number of alkyl halides is 3. The number of aromatic hydroxyl groups is 1. The lowest BCUT2D eigenvalue weighted by Gasteiger charge is -2.14. The molecule has 0 aromatic heterocycles. The van der Waals surface area contributed by atoms with E-state index in [4.69, 9.17) is 10.8 Å². The van der Waals surface area contributed by atoms with Gasteiger partial charge in [-0.1, -0.05) is 12.1 Å². The zero-order valence-corrected chi connectivity index (χ0v) is 8.48. The van der Waals surface area contributed by atoms with Crippen molar-refractivity contribution in [3.8, 4) is 5.75 Å². The van der Waals surface area contributed by atoms with Crippen LogP contribution in [0, 0.1) is 0 Å². The van der Waals surface area contributed by atoms with Gasteiger partial charge in [0.2, 0.25) is 0 Å². The molecular weight excluding hydrogens is 231 g/mol. The van der Waals surface area contributed by atoms with Crippen molar-refractivity contribution in [3.63, 3.8) is 0 Å². The Balaban J connectivity index is 0.00000196. The van der Waals surface area contributed by atoms with Gasteiger partial charge in [0.1, 0.15) is 5.75 Å². The van der Waals surface area contributed by atoms with Crippen molar-refractivity contribution >= 4 is 12.4 Å². The van der Waals surface area contributed by atoms with Gasteiger partial charge in [-0.25, -0.2) is 0 Å². The third-order valence-corrected chi connectivity index (χ3v) is 1.75. The summed E-state index contributed by atoms with van der Waals surface area (Å²) in [5.74, 6) is -0.0832. The van der Waals surface area contributed by atoms with Crippen molar-refractivity contribution < 1.29 is 18.3 Å². The molecular formula is C9H11ClF3NO. The molecule has 0 spiro atoms. The molecule has 3 N–H and O–H groups in total. The van der Waals surface area contributed by atoms with Gasteiger partial charge in [-0.15, -0.1) is 12.4 Å². The van der Waals surface area contributed by atoms with E-state index in [9.17, 15) is 13.2 Å². The maximum Gasteiger partial charge on any atom is 0.390 e. The summed E-state index contributed by atoms with van der Waals surface area (Å²) in [4.78, 5) is 0. The van der Waals surface area contributed by atoms with E-state index in [1.807, 2.05) is 0 Å². The zero-order valence-electron chi connectivity index (χ0n) is 7.66. The summed E-state index contributed by atoms with van der Waals surface area (Å²) in [5, 5.41) is 9.02. The molecule has 0 heterocycles. The van der Waals surface area contributed by atoms with E-state index in [0.29, 0.717) is 0 Å². The van der Waals surface area contributed by atoms with Crippen LogP contribution in [0.1, 0.15) is 18.0 Å². The molecule has 0 aliphatic carbocycles. The molecule has 0 fully saturated rings. The molecule has 0 saturated carbocycles. The van der Waals surface area contributed by atoms with Gasteiger partial charge in [0.25, 0.3) is 0 Å². The predicted octanol–water partition coefficient (Wildman–Crippen LogP) is 2.77. The second-order valence-electron chi connectivity index (χ2n) is 3.02. The van der Waals surface area contributed by atoms with Crippen LogP contribution in [0.3, 0.4) is 0 Å². The Labute approximate surface area is 91.3 Å². The third-order valence-electron chi connectivity index (χ3n) is 1.75. The van der Waals surface area contributed by atoms with Crippen LogP contribution in [0.2, 0.25) is 0 Å². The molecule has 0 unspecified atom stereocenters. The summed E-state index contributed by atoms with van der Waals surface area (Å²) in [6.45, 7) is 0. The Bertz CT molecular complexity index is 316. The molecule has 1 rings (SSSR count). The first-order valence-corrected chi connectivity index (χ1v) is 4.00. The molecule has 2 nitrogen and oxygen atoms in total. The van der Waals surface area contributed by atoms with Gasteiger partial charge >= 0.3 is 6.18 Å². The van der Waals surface area contributed by atoms with E-state index in [2.05, 4.69) is 0 Å². The normalized spacial score (nSPS) is 13.1. The highest BCUT2D eigenvalue weighted by Gasteiger charge is 2.30. The fraction of sp³-hybridized carbons (Fsp3) is 0.333. The number of phenolic OH excluding ortho intramolecular Hbond substituents is 1. The first kappa shape index (κ1) is 14.1. The van der Waals surface area contributed by atoms with Crippen LogP contribution >= 0.6 is 12.4 Å². The minimum Gasteiger partial charge on any atom is -0.508 e. The maximum atomic E-state index is 11.9. The molecule has 0 aliphatic heterocycles. The van der Waals surface area contributed by atoms with Crippen LogP contribution in [0.25, 0.3) is 0 Å². The molecule has 0 bridgehead atoms.